The van der Waals surface area contributed by atoms with Crippen molar-refractivity contribution in [2.24, 2.45) is 7.05 Å². The van der Waals surface area contributed by atoms with Crippen LogP contribution in [0.15, 0.2) is 36.4 Å². The fraction of sp³-hybridized carbons (Fsp3) is 0.333. The number of hydrogen-bond donors (Lipinski definition) is 2. The molecule has 0 fully saturated rings. The molecule has 0 spiro atoms. The Morgan fingerprint density at radius 3 is 2.81 bits per heavy atom. The molecule has 1 aromatic carbocycles. The second kappa shape index (κ2) is 7.44. The summed E-state index contributed by atoms with van der Waals surface area (Å²) >= 11 is 0. The zero-order chi connectivity index (χ0) is 15.1. The molecule has 1 heterocycles. The number of carbonyl (C=O) groups is 1. The number of aryl methyl sites for hydroxylation is 1. The summed E-state index contributed by atoms with van der Waals surface area (Å²) < 4.78 is 6.67. The molecule has 0 saturated carbocycles. The van der Waals surface area contributed by atoms with Gasteiger partial charge in [0.05, 0.1) is 5.69 Å². The van der Waals surface area contributed by atoms with Crippen LogP contribution in [0.5, 0.6) is 0 Å². The number of rotatable bonds is 6. The smallest absolute Gasteiger partial charge is 0.320 e. The molecular weight excluding hydrogens is 268 g/mol. The summed E-state index contributed by atoms with van der Waals surface area (Å²) in [5.41, 5.74) is 2.01. The highest BCUT2D eigenvalue weighted by Gasteiger charge is 2.09. The van der Waals surface area contributed by atoms with E-state index in [9.17, 15) is 4.79 Å². The zero-order valence-corrected chi connectivity index (χ0v) is 12.3. The Bertz CT molecular complexity index is 581. The van der Waals surface area contributed by atoms with E-state index in [0.717, 1.165) is 17.7 Å². The molecule has 2 amide bonds. The van der Waals surface area contributed by atoms with Gasteiger partial charge in [-0.15, -0.1) is 0 Å². The van der Waals surface area contributed by atoms with E-state index >= 15 is 0 Å². The second-order valence-corrected chi connectivity index (χ2v) is 4.63. The van der Waals surface area contributed by atoms with E-state index in [2.05, 4.69) is 15.7 Å². The molecule has 0 saturated heterocycles. The van der Waals surface area contributed by atoms with E-state index in [0.29, 0.717) is 19.0 Å². The molecule has 2 N–H and O–H groups in total. The van der Waals surface area contributed by atoms with Crippen molar-refractivity contribution < 1.29 is 9.53 Å². The van der Waals surface area contributed by atoms with Gasteiger partial charge in [-0.25, -0.2) is 4.79 Å². The maximum absolute atomic E-state index is 11.7. The van der Waals surface area contributed by atoms with E-state index < -0.39 is 0 Å². The molecule has 0 aliphatic rings. The van der Waals surface area contributed by atoms with Crippen LogP contribution in [0.2, 0.25) is 0 Å². The highest BCUT2D eigenvalue weighted by molar-refractivity contribution is 5.88. The molecule has 0 aliphatic heterocycles. The van der Waals surface area contributed by atoms with E-state index in [1.54, 1.807) is 11.8 Å². The molecule has 0 bridgehead atoms. The first-order chi connectivity index (χ1) is 10.2. The minimum Gasteiger partial charge on any atom is -0.385 e. The molecule has 0 atom stereocenters. The fourth-order valence-corrected chi connectivity index (χ4v) is 1.99. The van der Waals surface area contributed by atoms with Crippen LogP contribution in [-0.4, -0.2) is 36.1 Å². The normalized spacial score (nSPS) is 10.4. The van der Waals surface area contributed by atoms with Crippen LogP contribution in [0.3, 0.4) is 0 Å². The van der Waals surface area contributed by atoms with E-state index in [4.69, 9.17) is 4.74 Å². The molecule has 0 unspecified atom stereocenters. The Labute approximate surface area is 124 Å². The topological polar surface area (TPSA) is 68.2 Å². The largest absolute Gasteiger partial charge is 0.385 e. The number of urea groups is 1. The Balaban J connectivity index is 1.95. The lowest BCUT2D eigenvalue weighted by Gasteiger charge is -2.04. The van der Waals surface area contributed by atoms with Crippen molar-refractivity contribution in [1.29, 1.82) is 0 Å². The summed E-state index contributed by atoms with van der Waals surface area (Å²) in [5.74, 6) is 0.528. The standard InChI is InChI=1S/C15H20N4O2/c1-19-13(12-7-4-3-5-8-12)11-14(18-19)17-15(20)16-9-6-10-21-2/h3-5,7-8,11H,6,9-10H2,1-2H3,(H2,16,17,18,20). The zero-order valence-electron chi connectivity index (χ0n) is 12.3. The van der Waals surface area contributed by atoms with Crippen molar-refractivity contribution in [3.63, 3.8) is 0 Å². The number of nitrogens with zero attached hydrogens (tertiary/aromatic N) is 2. The van der Waals surface area contributed by atoms with E-state index in [1.165, 1.54) is 0 Å². The average molecular weight is 288 g/mol. The first-order valence-corrected chi connectivity index (χ1v) is 6.84. The number of anilines is 1. The lowest BCUT2D eigenvalue weighted by Crippen LogP contribution is -2.30. The van der Waals surface area contributed by atoms with Crippen molar-refractivity contribution in [1.82, 2.24) is 15.1 Å². The van der Waals surface area contributed by atoms with Crippen LogP contribution in [0.1, 0.15) is 6.42 Å². The predicted octanol–water partition coefficient (Wildman–Crippen LogP) is 2.25. The van der Waals surface area contributed by atoms with Crippen LogP contribution >= 0.6 is 0 Å². The molecule has 21 heavy (non-hydrogen) atoms. The van der Waals surface area contributed by atoms with E-state index in [1.807, 2.05) is 43.4 Å². The second-order valence-electron chi connectivity index (χ2n) is 4.63. The molecule has 1 aromatic heterocycles. The molecule has 2 aromatic rings. The monoisotopic (exact) mass is 288 g/mol. The fourth-order valence-electron chi connectivity index (χ4n) is 1.99. The molecule has 0 radical (unpaired) electrons. The Kier molecular flexibility index (Phi) is 5.34. The van der Waals surface area contributed by atoms with Gasteiger partial charge >= 0.3 is 6.03 Å². The Morgan fingerprint density at radius 1 is 1.33 bits per heavy atom. The first-order valence-electron chi connectivity index (χ1n) is 6.84. The third-order valence-corrected chi connectivity index (χ3v) is 3.00. The number of amides is 2. The minimum atomic E-state index is -0.260. The van der Waals surface area contributed by atoms with Crippen LogP contribution in [0.4, 0.5) is 10.6 Å². The third kappa shape index (κ3) is 4.32. The summed E-state index contributed by atoms with van der Waals surface area (Å²) in [5, 5.41) is 9.77. The minimum absolute atomic E-state index is 0.260. The third-order valence-electron chi connectivity index (χ3n) is 3.00. The number of benzene rings is 1. The van der Waals surface area contributed by atoms with Crippen molar-refractivity contribution in [3.8, 4) is 11.3 Å². The van der Waals surface area contributed by atoms with Crippen molar-refractivity contribution in [2.75, 3.05) is 25.6 Å². The number of nitrogens with one attached hydrogen (secondary N) is 2. The van der Waals surface area contributed by atoms with Crippen molar-refractivity contribution in [2.45, 2.75) is 6.42 Å². The summed E-state index contributed by atoms with van der Waals surface area (Å²) in [4.78, 5) is 11.7. The molecule has 6 heteroatoms. The number of hydrogen-bond acceptors (Lipinski definition) is 3. The van der Waals surface area contributed by atoms with Gasteiger partial charge in [0.1, 0.15) is 0 Å². The quantitative estimate of drug-likeness (QED) is 0.801. The summed E-state index contributed by atoms with van der Waals surface area (Å²) in [6.07, 6.45) is 0.779. The van der Waals surface area contributed by atoms with Crippen molar-refractivity contribution in [3.05, 3.63) is 36.4 Å². The van der Waals surface area contributed by atoms with Gasteiger partial charge in [-0.2, -0.15) is 5.10 Å². The van der Waals surface area contributed by atoms with Crippen LogP contribution in [0, 0.1) is 0 Å². The van der Waals surface area contributed by atoms with Gasteiger partial charge in [0.25, 0.3) is 0 Å². The van der Waals surface area contributed by atoms with Gasteiger partial charge in [-0.05, 0) is 12.0 Å². The molecule has 2 rings (SSSR count). The van der Waals surface area contributed by atoms with Crippen LogP contribution < -0.4 is 10.6 Å². The Morgan fingerprint density at radius 2 is 2.10 bits per heavy atom. The highest BCUT2D eigenvalue weighted by atomic mass is 16.5. The summed E-state index contributed by atoms with van der Waals surface area (Å²) in [7, 11) is 3.49. The number of ether oxygens (including phenoxy) is 1. The predicted molar refractivity (Wildman–Crippen MR) is 82.2 cm³/mol. The number of aromatic nitrogens is 2. The maximum Gasteiger partial charge on any atom is 0.320 e. The van der Waals surface area contributed by atoms with Gasteiger partial charge in [0.2, 0.25) is 0 Å². The van der Waals surface area contributed by atoms with Gasteiger partial charge in [0.15, 0.2) is 5.82 Å². The molecule has 0 aliphatic carbocycles. The lowest BCUT2D eigenvalue weighted by molar-refractivity contribution is 0.194. The van der Waals surface area contributed by atoms with Crippen molar-refractivity contribution >= 4 is 11.8 Å². The summed E-state index contributed by atoms with van der Waals surface area (Å²) in [6, 6.07) is 11.5. The number of carbonyl (C=O) groups excluding carboxylic acids is 1. The highest BCUT2D eigenvalue weighted by Crippen LogP contribution is 2.21. The van der Waals surface area contributed by atoms with Crippen LogP contribution in [0.25, 0.3) is 11.3 Å². The SMILES string of the molecule is COCCCNC(=O)Nc1cc(-c2ccccc2)n(C)n1. The van der Waals surface area contributed by atoms with Gasteiger partial charge in [-0.1, -0.05) is 30.3 Å². The Hall–Kier alpha value is -2.34. The molecule has 6 nitrogen and oxygen atoms in total. The number of methoxy groups -OCH3 is 1. The summed E-state index contributed by atoms with van der Waals surface area (Å²) in [6.45, 7) is 1.19. The molecular formula is C15H20N4O2. The van der Waals surface area contributed by atoms with Gasteiger partial charge < -0.3 is 10.1 Å². The van der Waals surface area contributed by atoms with Crippen LogP contribution in [-0.2, 0) is 11.8 Å². The first kappa shape index (κ1) is 15.1. The molecule has 112 valence electrons. The van der Waals surface area contributed by atoms with E-state index in [-0.39, 0.29) is 6.03 Å². The average Bonchev–Trinajstić information content (AvgIpc) is 2.85. The lowest BCUT2D eigenvalue weighted by atomic mass is 10.1. The van der Waals surface area contributed by atoms with Gasteiger partial charge in [-0.3, -0.25) is 10.00 Å². The maximum atomic E-state index is 11.7. The van der Waals surface area contributed by atoms with Gasteiger partial charge in [0, 0.05) is 33.4 Å².